The Hall–Kier alpha value is -3.21. The number of aromatic nitrogens is 2. The third-order valence-corrected chi connectivity index (χ3v) is 7.06. The summed E-state index contributed by atoms with van der Waals surface area (Å²) < 4.78 is 35.8. The number of fused-ring (bicyclic) bond motifs is 1. The molecule has 0 unspecified atom stereocenters. The maximum atomic E-state index is 12.8. The standard InChI is InChI=1S/C22H27N5O5S/c1-14(2)27-19(10-11-23-27)24-21(28)15(3)32-22(29)16-7-6-12-26(13-16)20-17-8-4-5-9-18(17)33(30,31)25-20/h4-5,8-11,14-16H,6-7,12-13H2,1-3H3,(H,24,28)/t15-,16+/m1/s1. The fraction of sp³-hybridized carbons (Fsp3) is 0.455. The highest BCUT2D eigenvalue weighted by Crippen LogP contribution is 2.30. The summed E-state index contributed by atoms with van der Waals surface area (Å²) in [7, 11) is -3.74. The number of ether oxygens (including phenoxy) is 1. The molecule has 2 aromatic rings. The van der Waals surface area contributed by atoms with Crippen molar-refractivity contribution < 1.29 is 22.7 Å². The molecule has 0 radical (unpaired) electrons. The number of esters is 1. The Labute approximate surface area is 192 Å². The molecule has 33 heavy (non-hydrogen) atoms. The number of hydrogen-bond acceptors (Lipinski definition) is 7. The monoisotopic (exact) mass is 473 g/mol. The summed E-state index contributed by atoms with van der Waals surface area (Å²) in [6.07, 6.45) is 1.86. The van der Waals surface area contributed by atoms with Crippen molar-refractivity contribution in [3.05, 3.63) is 42.1 Å². The van der Waals surface area contributed by atoms with Crippen molar-refractivity contribution in [2.75, 3.05) is 18.4 Å². The minimum absolute atomic E-state index is 0.0637. The van der Waals surface area contributed by atoms with E-state index in [1.165, 1.54) is 13.0 Å². The van der Waals surface area contributed by atoms with Crippen LogP contribution in [-0.2, 0) is 24.3 Å². The molecule has 0 spiro atoms. The van der Waals surface area contributed by atoms with Crippen LogP contribution in [0.3, 0.4) is 0 Å². The van der Waals surface area contributed by atoms with E-state index in [9.17, 15) is 18.0 Å². The Kier molecular flexibility index (Phi) is 6.24. The maximum Gasteiger partial charge on any atom is 0.311 e. The van der Waals surface area contributed by atoms with Gasteiger partial charge in [0, 0.05) is 30.8 Å². The molecule has 1 aromatic heterocycles. The van der Waals surface area contributed by atoms with Crippen LogP contribution in [0.5, 0.6) is 0 Å². The van der Waals surface area contributed by atoms with Gasteiger partial charge in [0.25, 0.3) is 15.9 Å². The summed E-state index contributed by atoms with van der Waals surface area (Å²) in [4.78, 5) is 27.4. The topological polar surface area (TPSA) is 123 Å². The Morgan fingerprint density at radius 1 is 1.18 bits per heavy atom. The summed E-state index contributed by atoms with van der Waals surface area (Å²) >= 11 is 0. The molecule has 1 saturated heterocycles. The molecule has 1 amide bonds. The predicted octanol–water partition coefficient (Wildman–Crippen LogP) is 2.20. The smallest absolute Gasteiger partial charge is 0.311 e. The molecule has 1 N–H and O–H groups in total. The lowest BCUT2D eigenvalue weighted by atomic mass is 9.97. The highest BCUT2D eigenvalue weighted by Gasteiger charge is 2.36. The van der Waals surface area contributed by atoms with Gasteiger partial charge >= 0.3 is 5.97 Å². The van der Waals surface area contributed by atoms with Crippen LogP contribution in [0.25, 0.3) is 0 Å². The summed E-state index contributed by atoms with van der Waals surface area (Å²) in [6.45, 7) is 6.27. The molecule has 2 atom stereocenters. The van der Waals surface area contributed by atoms with Gasteiger partial charge in [-0.1, -0.05) is 12.1 Å². The molecule has 11 heteroatoms. The molecule has 176 valence electrons. The Morgan fingerprint density at radius 2 is 1.94 bits per heavy atom. The molecule has 4 rings (SSSR count). The number of piperidine rings is 1. The Morgan fingerprint density at radius 3 is 2.70 bits per heavy atom. The summed E-state index contributed by atoms with van der Waals surface area (Å²) in [5.74, 6) is -0.543. The second-order valence-electron chi connectivity index (χ2n) is 8.49. The second kappa shape index (κ2) is 8.97. The van der Waals surface area contributed by atoms with Gasteiger partial charge in [-0.25, -0.2) is 4.68 Å². The van der Waals surface area contributed by atoms with Gasteiger partial charge in [0.05, 0.1) is 12.1 Å². The number of amides is 1. The van der Waals surface area contributed by atoms with E-state index in [4.69, 9.17) is 4.74 Å². The van der Waals surface area contributed by atoms with Gasteiger partial charge in [-0.3, -0.25) is 9.59 Å². The van der Waals surface area contributed by atoms with Crippen LogP contribution in [-0.4, -0.2) is 60.0 Å². The van der Waals surface area contributed by atoms with Crippen LogP contribution in [0, 0.1) is 5.92 Å². The number of carbonyl (C=O) groups is 2. The molecule has 0 bridgehead atoms. The molecule has 1 aromatic carbocycles. The lowest BCUT2D eigenvalue weighted by Crippen LogP contribution is -2.44. The number of benzene rings is 1. The number of carbonyl (C=O) groups excluding carboxylic acids is 2. The molecule has 10 nitrogen and oxygen atoms in total. The van der Waals surface area contributed by atoms with Crippen molar-refractivity contribution in [1.82, 2.24) is 14.7 Å². The molecule has 3 heterocycles. The number of amidine groups is 1. The zero-order valence-corrected chi connectivity index (χ0v) is 19.6. The number of nitrogens with one attached hydrogen (secondary N) is 1. The van der Waals surface area contributed by atoms with Gasteiger partial charge in [-0.2, -0.15) is 13.5 Å². The van der Waals surface area contributed by atoms with E-state index in [2.05, 4.69) is 14.8 Å². The van der Waals surface area contributed by atoms with Crippen LogP contribution in [0.15, 0.2) is 45.8 Å². The summed E-state index contributed by atoms with van der Waals surface area (Å²) in [5.41, 5.74) is 0.543. The van der Waals surface area contributed by atoms with Gasteiger partial charge < -0.3 is 15.0 Å². The van der Waals surface area contributed by atoms with Crippen molar-refractivity contribution in [2.45, 2.75) is 50.7 Å². The van der Waals surface area contributed by atoms with Crippen LogP contribution >= 0.6 is 0 Å². The minimum Gasteiger partial charge on any atom is -0.452 e. The van der Waals surface area contributed by atoms with E-state index in [0.29, 0.717) is 36.6 Å². The highest BCUT2D eigenvalue weighted by molar-refractivity contribution is 7.90. The van der Waals surface area contributed by atoms with Gasteiger partial charge in [0.15, 0.2) is 11.9 Å². The van der Waals surface area contributed by atoms with Crippen LogP contribution in [0.4, 0.5) is 5.82 Å². The number of hydrogen-bond donors (Lipinski definition) is 1. The van der Waals surface area contributed by atoms with E-state index < -0.39 is 33.9 Å². The van der Waals surface area contributed by atoms with E-state index in [-0.39, 0.29) is 17.5 Å². The largest absolute Gasteiger partial charge is 0.452 e. The average molecular weight is 474 g/mol. The normalized spacial score (nSPS) is 20.2. The average Bonchev–Trinajstić information content (AvgIpc) is 3.36. The van der Waals surface area contributed by atoms with Crippen molar-refractivity contribution in [3.63, 3.8) is 0 Å². The number of rotatable bonds is 5. The maximum absolute atomic E-state index is 12.8. The van der Waals surface area contributed by atoms with Gasteiger partial charge in [0.2, 0.25) is 0 Å². The first-order chi connectivity index (χ1) is 15.7. The molecule has 2 aliphatic rings. The SMILES string of the molecule is CC(C)n1nccc1NC(=O)[C@@H](C)OC(=O)[C@H]1CCCN(C2=NS(=O)(=O)c3ccccc32)C1. The zero-order chi connectivity index (χ0) is 23.8. The first-order valence-electron chi connectivity index (χ1n) is 10.9. The van der Waals surface area contributed by atoms with Gasteiger partial charge in [0.1, 0.15) is 10.7 Å². The lowest BCUT2D eigenvalue weighted by molar-refractivity contribution is -0.158. The number of sulfonamides is 1. The molecule has 0 aliphatic carbocycles. The number of nitrogens with zero attached hydrogens (tertiary/aromatic N) is 4. The Balaban J connectivity index is 1.40. The first-order valence-corrected chi connectivity index (χ1v) is 12.4. The second-order valence-corrected chi connectivity index (χ2v) is 10.1. The molecular weight excluding hydrogens is 446 g/mol. The van der Waals surface area contributed by atoms with Crippen molar-refractivity contribution in [2.24, 2.45) is 10.3 Å². The van der Waals surface area contributed by atoms with Crippen molar-refractivity contribution in [3.8, 4) is 0 Å². The van der Waals surface area contributed by atoms with E-state index in [1.807, 2.05) is 18.7 Å². The Bertz CT molecular complexity index is 1200. The van der Waals surface area contributed by atoms with Crippen LogP contribution < -0.4 is 5.32 Å². The molecular formula is C22H27N5O5S. The van der Waals surface area contributed by atoms with Crippen molar-refractivity contribution >= 4 is 33.6 Å². The van der Waals surface area contributed by atoms with Crippen LogP contribution in [0.2, 0.25) is 0 Å². The number of likely N-dealkylation sites (tertiary alicyclic amines) is 1. The van der Waals surface area contributed by atoms with Crippen LogP contribution in [0.1, 0.15) is 45.2 Å². The van der Waals surface area contributed by atoms with E-state index >= 15 is 0 Å². The van der Waals surface area contributed by atoms with Gasteiger partial charge in [-0.05, 0) is 45.7 Å². The van der Waals surface area contributed by atoms with Crippen molar-refractivity contribution in [1.29, 1.82) is 0 Å². The fourth-order valence-electron chi connectivity index (χ4n) is 4.06. The molecule has 0 saturated carbocycles. The summed E-state index contributed by atoms with van der Waals surface area (Å²) in [5, 5.41) is 6.91. The zero-order valence-electron chi connectivity index (χ0n) is 18.8. The van der Waals surface area contributed by atoms with E-state index in [1.54, 1.807) is 35.1 Å². The first kappa shape index (κ1) is 23.0. The highest BCUT2D eigenvalue weighted by atomic mass is 32.2. The predicted molar refractivity (Wildman–Crippen MR) is 121 cm³/mol. The fourth-order valence-corrected chi connectivity index (χ4v) is 5.28. The summed E-state index contributed by atoms with van der Waals surface area (Å²) in [6, 6.07) is 8.41. The lowest BCUT2D eigenvalue weighted by Gasteiger charge is -2.33. The number of anilines is 1. The third kappa shape index (κ3) is 4.63. The van der Waals surface area contributed by atoms with E-state index in [0.717, 1.165) is 0 Å². The molecule has 1 fully saturated rings. The minimum atomic E-state index is -3.74. The molecule has 2 aliphatic heterocycles. The van der Waals surface area contributed by atoms with Gasteiger partial charge in [-0.15, -0.1) is 4.40 Å². The quantitative estimate of drug-likeness (QED) is 0.660. The third-order valence-electron chi connectivity index (χ3n) is 5.74.